The number of carbonyl (C=O) groups excluding carboxylic acids is 2. The van der Waals surface area contributed by atoms with Crippen LogP contribution in [0, 0.1) is 0 Å². The summed E-state index contributed by atoms with van der Waals surface area (Å²) < 4.78 is 79.9. The zero-order chi connectivity index (χ0) is 28.6. The predicted molar refractivity (Wildman–Crippen MR) is 133 cm³/mol. The van der Waals surface area contributed by atoms with E-state index in [0.717, 1.165) is 5.69 Å². The van der Waals surface area contributed by atoms with Crippen molar-refractivity contribution in [3.05, 3.63) is 65.2 Å². The number of rotatable bonds is 6. The van der Waals surface area contributed by atoms with Crippen molar-refractivity contribution < 1.29 is 35.9 Å². The Morgan fingerprint density at radius 2 is 1.51 bits per heavy atom. The number of halogens is 6. The fourth-order valence-electron chi connectivity index (χ4n) is 5.20. The Labute approximate surface area is 222 Å². The van der Waals surface area contributed by atoms with E-state index >= 15 is 0 Å². The number of nitrogens with one attached hydrogen (secondary N) is 1. The van der Waals surface area contributed by atoms with Gasteiger partial charge in [-0.2, -0.15) is 26.3 Å². The highest BCUT2D eigenvalue weighted by Gasteiger charge is 2.54. The summed E-state index contributed by atoms with van der Waals surface area (Å²) in [5.41, 5.74) is -3.92. The van der Waals surface area contributed by atoms with Gasteiger partial charge in [0.25, 0.3) is 5.91 Å². The summed E-state index contributed by atoms with van der Waals surface area (Å²) in [5, 5.41) is 3.28. The second-order valence-corrected chi connectivity index (χ2v) is 10.2. The molecule has 0 aromatic heterocycles. The highest BCUT2D eigenvalue weighted by molar-refractivity contribution is 5.96. The largest absolute Gasteiger partial charge is 0.416 e. The van der Waals surface area contributed by atoms with Crippen LogP contribution in [0.25, 0.3) is 0 Å². The van der Waals surface area contributed by atoms with E-state index in [2.05, 4.69) is 5.32 Å². The Morgan fingerprint density at radius 1 is 0.949 bits per heavy atom. The van der Waals surface area contributed by atoms with Crippen molar-refractivity contribution in [2.75, 3.05) is 37.7 Å². The molecule has 4 rings (SSSR count). The molecule has 12 heteroatoms. The third-order valence-electron chi connectivity index (χ3n) is 7.23. The molecule has 6 nitrogen and oxygen atoms in total. The van der Waals surface area contributed by atoms with Gasteiger partial charge in [-0.1, -0.05) is 32.0 Å². The Bertz CT molecular complexity index is 1160. The number of alkyl halides is 6. The van der Waals surface area contributed by atoms with Crippen LogP contribution in [-0.4, -0.2) is 66.0 Å². The Hall–Kier alpha value is -3.28. The van der Waals surface area contributed by atoms with Crippen LogP contribution in [0.4, 0.5) is 32.0 Å². The fourth-order valence-corrected chi connectivity index (χ4v) is 5.20. The van der Waals surface area contributed by atoms with Gasteiger partial charge in [0.15, 0.2) is 0 Å². The summed E-state index contributed by atoms with van der Waals surface area (Å²) >= 11 is 0. The molecule has 0 aliphatic carbocycles. The van der Waals surface area contributed by atoms with E-state index in [1.807, 2.05) is 49.1 Å². The predicted octanol–water partition coefficient (Wildman–Crippen LogP) is 5.00. The molecule has 39 heavy (non-hydrogen) atoms. The van der Waals surface area contributed by atoms with Crippen LogP contribution in [0.3, 0.4) is 0 Å². The van der Waals surface area contributed by atoms with Gasteiger partial charge in [0.2, 0.25) is 5.91 Å². The van der Waals surface area contributed by atoms with Crippen molar-refractivity contribution in [1.82, 2.24) is 15.1 Å². The summed E-state index contributed by atoms with van der Waals surface area (Å²) in [4.78, 5) is 31.8. The number of hydrogen-bond acceptors (Lipinski definition) is 4. The van der Waals surface area contributed by atoms with E-state index in [1.54, 1.807) is 4.90 Å². The monoisotopic (exact) mass is 556 g/mol. The van der Waals surface area contributed by atoms with E-state index in [1.165, 1.54) is 4.90 Å². The number of nitrogens with zero attached hydrogens (tertiary/aromatic N) is 3. The van der Waals surface area contributed by atoms with E-state index in [4.69, 9.17) is 0 Å². The van der Waals surface area contributed by atoms with Gasteiger partial charge >= 0.3 is 12.4 Å². The Kier molecular flexibility index (Phi) is 7.89. The van der Waals surface area contributed by atoms with Gasteiger partial charge < -0.3 is 20.0 Å². The van der Waals surface area contributed by atoms with E-state index in [0.29, 0.717) is 31.9 Å². The smallest absolute Gasteiger partial charge is 0.339 e. The van der Waals surface area contributed by atoms with Crippen LogP contribution in [0.2, 0.25) is 0 Å². The van der Waals surface area contributed by atoms with Crippen molar-refractivity contribution in [3.63, 3.8) is 0 Å². The Balaban J connectivity index is 1.58. The molecule has 2 amide bonds. The molecule has 2 saturated heterocycles. The third-order valence-corrected chi connectivity index (χ3v) is 7.23. The molecule has 0 atom stereocenters. The van der Waals surface area contributed by atoms with Crippen molar-refractivity contribution in [2.24, 2.45) is 0 Å². The van der Waals surface area contributed by atoms with Crippen LogP contribution in [0.15, 0.2) is 48.5 Å². The van der Waals surface area contributed by atoms with Crippen LogP contribution < -0.4 is 10.2 Å². The van der Waals surface area contributed by atoms with E-state index in [9.17, 15) is 35.9 Å². The average molecular weight is 557 g/mol. The van der Waals surface area contributed by atoms with Gasteiger partial charge in [0.1, 0.15) is 5.54 Å². The first kappa shape index (κ1) is 28.7. The maximum Gasteiger partial charge on any atom is 0.416 e. The molecule has 2 aromatic rings. The molecule has 2 fully saturated rings. The maximum absolute atomic E-state index is 13.7. The minimum atomic E-state index is -5.05. The summed E-state index contributed by atoms with van der Waals surface area (Å²) in [6.45, 7) is 5.39. The average Bonchev–Trinajstić information content (AvgIpc) is 3.14. The van der Waals surface area contributed by atoms with Gasteiger partial charge in [-0.15, -0.1) is 0 Å². The topological polar surface area (TPSA) is 55.9 Å². The fraction of sp³-hybridized carbons (Fsp3) is 0.481. The summed E-state index contributed by atoms with van der Waals surface area (Å²) in [7, 11) is 0. The zero-order valence-electron chi connectivity index (χ0n) is 21.6. The summed E-state index contributed by atoms with van der Waals surface area (Å²) in [6, 6.07) is 10.4. The lowest BCUT2D eigenvalue weighted by atomic mass is 9.85. The van der Waals surface area contributed by atoms with E-state index < -0.39 is 40.5 Å². The molecule has 0 saturated carbocycles. The molecule has 2 aliphatic rings. The highest BCUT2D eigenvalue weighted by Crippen LogP contribution is 2.40. The molecular formula is C27H30F6N4O2. The molecule has 2 aromatic carbocycles. The number of benzene rings is 2. The van der Waals surface area contributed by atoms with Crippen LogP contribution in [0.1, 0.15) is 48.2 Å². The van der Waals surface area contributed by atoms with Gasteiger partial charge in [0, 0.05) is 43.5 Å². The number of amides is 2. The highest BCUT2D eigenvalue weighted by atomic mass is 19.4. The first-order valence-corrected chi connectivity index (χ1v) is 12.7. The first-order valence-electron chi connectivity index (χ1n) is 12.7. The summed E-state index contributed by atoms with van der Waals surface area (Å²) in [5.74, 6) is -1.04. The molecule has 212 valence electrons. The molecule has 0 radical (unpaired) electrons. The lowest BCUT2D eigenvalue weighted by Crippen LogP contribution is -2.57. The second kappa shape index (κ2) is 10.7. The number of carbonyl (C=O) groups is 2. The quantitative estimate of drug-likeness (QED) is 0.509. The number of para-hydroxylation sites is 1. The van der Waals surface area contributed by atoms with Crippen LogP contribution in [-0.2, 0) is 17.1 Å². The number of piperidine rings is 1. The maximum atomic E-state index is 13.7. The molecule has 1 spiro atoms. The minimum absolute atomic E-state index is 0.000356. The van der Waals surface area contributed by atoms with Gasteiger partial charge in [-0.25, -0.2) is 0 Å². The van der Waals surface area contributed by atoms with Gasteiger partial charge in [0.05, 0.1) is 17.8 Å². The number of likely N-dealkylation sites (tertiary alicyclic amines) is 1. The SMILES string of the molecule is CC(C)NCCN1CN(c2ccccc2)C2(CCN(C(=O)c3cc(C(F)(F)F)cc(C(F)(F)F)c3)CC2)C1=O. The molecule has 2 heterocycles. The van der Waals surface area contributed by atoms with Crippen LogP contribution >= 0.6 is 0 Å². The van der Waals surface area contributed by atoms with Gasteiger partial charge in [-0.05, 0) is 43.2 Å². The summed E-state index contributed by atoms with van der Waals surface area (Å²) in [6.07, 6.45) is -9.73. The van der Waals surface area contributed by atoms with Gasteiger partial charge in [-0.3, -0.25) is 9.59 Å². The molecule has 0 bridgehead atoms. The molecule has 0 unspecified atom stereocenters. The molecular weight excluding hydrogens is 526 g/mol. The first-order chi connectivity index (χ1) is 18.2. The lowest BCUT2D eigenvalue weighted by Gasteiger charge is -2.43. The van der Waals surface area contributed by atoms with E-state index in [-0.39, 0.29) is 43.9 Å². The van der Waals surface area contributed by atoms with Crippen molar-refractivity contribution in [2.45, 2.75) is 50.6 Å². The molecule has 2 aliphatic heterocycles. The zero-order valence-corrected chi connectivity index (χ0v) is 21.6. The minimum Gasteiger partial charge on any atom is -0.339 e. The molecule has 1 N–H and O–H groups in total. The van der Waals surface area contributed by atoms with Crippen molar-refractivity contribution >= 4 is 17.5 Å². The third kappa shape index (κ3) is 6.00. The standard InChI is InChI=1S/C27H30F6N4O2/c1-18(2)34-10-13-36-17-37(22-6-4-3-5-7-22)25(24(36)39)8-11-35(12-9-25)23(38)19-14-20(26(28,29)30)16-21(15-19)27(31,32)33/h3-7,14-16,18,34H,8-13,17H2,1-2H3. The van der Waals surface area contributed by atoms with Crippen LogP contribution in [0.5, 0.6) is 0 Å². The normalized spacial score (nSPS) is 18.0. The number of anilines is 1. The Morgan fingerprint density at radius 3 is 2.03 bits per heavy atom. The second-order valence-electron chi connectivity index (χ2n) is 10.2. The van der Waals surface area contributed by atoms with Crippen molar-refractivity contribution in [3.8, 4) is 0 Å². The lowest BCUT2D eigenvalue weighted by molar-refractivity contribution is -0.143. The number of hydrogen-bond donors (Lipinski definition) is 1. The van der Waals surface area contributed by atoms with Crippen molar-refractivity contribution in [1.29, 1.82) is 0 Å².